The molecule has 7 heavy (non-hydrogen) atoms. The Labute approximate surface area is 43.6 Å². The molecule has 0 heterocycles. The van der Waals surface area contributed by atoms with Gasteiger partial charge >= 0.3 is 0 Å². The Morgan fingerprint density at radius 3 is 2.57 bits per heavy atom. The van der Waals surface area contributed by atoms with Crippen molar-refractivity contribution in [2.45, 2.75) is 6.42 Å². The first-order valence-corrected chi connectivity index (χ1v) is 2.37. The summed E-state index contributed by atoms with van der Waals surface area (Å²) >= 11 is 0. The van der Waals surface area contributed by atoms with E-state index in [1.807, 2.05) is 6.08 Å². The molecule has 0 aromatic heterocycles. The van der Waals surface area contributed by atoms with E-state index in [9.17, 15) is 0 Å². The van der Waals surface area contributed by atoms with Gasteiger partial charge in [0.2, 0.25) is 0 Å². The highest BCUT2D eigenvalue weighted by molar-refractivity contribution is 4.80. The van der Waals surface area contributed by atoms with Crippen molar-refractivity contribution in [2.75, 3.05) is 13.2 Å². The van der Waals surface area contributed by atoms with Crippen LogP contribution in [0.4, 0.5) is 0 Å². The minimum Gasteiger partial charge on any atom is -0.392 e. The number of hydrogen-bond donors (Lipinski definition) is 2. The second-order valence-electron chi connectivity index (χ2n) is 1.23. The van der Waals surface area contributed by atoms with Gasteiger partial charge in [-0.05, 0) is 13.0 Å². The maximum Gasteiger partial charge on any atom is 0.0612 e. The van der Waals surface area contributed by atoms with Crippen molar-refractivity contribution in [1.29, 1.82) is 0 Å². The van der Waals surface area contributed by atoms with E-state index >= 15 is 0 Å². The van der Waals surface area contributed by atoms with Crippen LogP contribution < -0.4 is 5.73 Å². The smallest absolute Gasteiger partial charge is 0.0612 e. The highest BCUT2D eigenvalue weighted by Crippen LogP contribution is 1.75. The molecule has 42 valence electrons. The summed E-state index contributed by atoms with van der Waals surface area (Å²) in [7, 11) is 0. The monoisotopic (exact) mass is 101 g/mol. The van der Waals surface area contributed by atoms with Crippen molar-refractivity contribution in [3.8, 4) is 0 Å². The first-order valence-electron chi connectivity index (χ1n) is 2.37. The number of hydrogen-bond acceptors (Lipinski definition) is 2. The lowest BCUT2D eigenvalue weighted by molar-refractivity contribution is 0.342. The van der Waals surface area contributed by atoms with Crippen LogP contribution in [-0.4, -0.2) is 18.3 Å². The molecular formula is C5H11NO. The van der Waals surface area contributed by atoms with Crippen molar-refractivity contribution >= 4 is 0 Å². The van der Waals surface area contributed by atoms with Crippen molar-refractivity contribution in [2.24, 2.45) is 5.73 Å². The number of nitrogens with two attached hydrogens (primary N) is 1. The Morgan fingerprint density at radius 2 is 2.14 bits per heavy atom. The number of rotatable bonds is 3. The molecule has 2 heteroatoms. The standard InChI is InChI=1S/C5H11NO/c6-4-2-1-3-5-7/h1,3,7H,2,4-6H2. The Morgan fingerprint density at radius 1 is 1.43 bits per heavy atom. The van der Waals surface area contributed by atoms with Crippen LogP contribution in [0.2, 0.25) is 0 Å². The minimum absolute atomic E-state index is 0.125. The SMILES string of the molecule is NCCC=CCO. The summed E-state index contributed by atoms with van der Waals surface area (Å²) < 4.78 is 0. The molecule has 0 fully saturated rings. The highest BCUT2D eigenvalue weighted by Gasteiger charge is 1.68. The highest BCUT2D eigenvalue weighted by atomic mass is 16.2. The van der Waals surface area contributed by atoms with Gasteiger partial charge in [0.15, 0.2) is 0 Å². The van der Waals surface area contributed by atoms with Crippen LogP contribution in [0.3, 0.4) is 0 Å². The molecule has 0 saturated carbocycles. The zero-order valence-corrected chi connectivity index (χ0v) is 4.30. The number of aliphatic hydroxyl groups is 1. The quantitative estimate of drug-likeness (QED) is 0.487. The predicted molar refractivity (Wildman–Crippen MR) is 29.9 cm³/mol. The average Bonchev–Trinajstić information content (AvgIpc) is 1.69. The molecule has 0 aliphatic heterocycles. The van der Waals surface area contributed by atoms with Gasteiger partial charge in [-0.1, -0.05) is 12.2 Å². The summed E-state index contributed by atoms with van der Waals surface area (Å²) in [6.45, 7) is 0.788. The lowest BCUT2D eigenvalue weighted by atomic mass is 10.4. The van der Waals surface area contributed by atoms with Crippen molar-refractivity contribution < 1.29 is 5.11 Å². The largest absolute Gasteiger partial charge is 0.392 e. The van der Waals surface area contributed by atoms with Crippen LogP contribution in [0.25, 0.3) is 0 Å². The predicted octanol–water partition coefficient (Wildman–Crippen LogP) is -0.116. The van der Waals surface area contributed by atoms with Crippen LogP contribution in [0.1, 0.15) is 6.42 Å². The third-order valence-electron chi connectivity index (χ3n) is 0.605. The third-order valence-corrected chi connectivity index (χ3v) is 0.605. The van der Waals surface area contributed by atoms with Gasteiger partial charge < -0.3 is 10.8 Å². The second-order valence-corrected chi connectivity index (χ2v) is 1.23. The minimum atomic E-state index is 0.125. The molecule has 0 rings (SSSR count). The summed E-state index contributed by atoms with van der Waals surface area (Å²) in [5, 5.41) is 8.17. The fourth-order valence-electron chi connectivity index (χ4n) is 0.289. The fraction of sp³-hybridized carbons (Fsp3) is 0.600. The van der Waals surface area contributed by atoms with Gasteiger partial charge in [0.25, 0.3) is 0 Å². The molecule has 0 unspecified atom stereocenters. The lowest BCUT2D eigenvalue weighted by Gasteiger charge is -1.80. The van der Waals surface area contributed by atoms with Crippen LogP contribution >= 0.6 is 0 Å². The summed E-state index contributed by atoms with van der Waals surface area (Å²) in [5.41, 5.74) is 5.14. The molecule has 3 N–H and O–H groups in total. The molecular weight excluding hydrogens is 90.1 g/mol. The first kappa shape index (κ1) is 6.66. The molecule has 0 aromatic carbocycles. The van der Waals surface area contributed by atoms with E-state index in [1.54, 1.807) is 6.08 Å². The van der Waals surface area contributed by atoms with Crippen molar-refractivity contribution in [3.63, 3.8) is 0 Å². The normalized spacial score (nSPS) is 10.6. The van der Waals surface area contributed by atoms with Gasteiger partial charge in [-0.2, -0.15) is 0 Å². The topological polar surface area (TPSA) is 46.2 Å². The number of aliphatic hydroxyl groups excluding tert-OH is 1. The van der Waals surface area contributed by atoms with E-state index in [4.69, 9.17) is 10.8 Å². The van der Waals surface area contributed by atoms with Crippen molar-refractivity contribution in [3.05, 3.63) is 12.2 Å². The summed E-state index contributed by atoms with van der Waals surface area (Å²) in [6.07, 6.45) is 4.41. The Bertz CT molecular complexity index is 52.0. The fourth-order valence-corrected chi connectivity index (χ4v) is 0.289. The molecule has 0 aromatic rings. The summed E-state index contributed by atoms with van der Waals surface area (Å²) in [4.78, 5) is 0. The van der Waals surface area contributed by atoms with E-state index in [0.29, 0.717) is 6.54 Å². The van der Waals surface area contributed by atoms with Gasteiger partial charge in [0.05, 0.1) is 6.61 Å². The van der Waals surface area contributed by atoms with Gasteiger partial charge in [-0.25, -0.2) is 0 Å². The Balaban J connectivity index is 2.78. The average molecular weight is 101 g/mol. The zero-order chi connectivity index (χ0) is 5.54. The second kappa shape index (κ2) is 5.66. The maximum atomic E-state index is 8.17. The Kier molecular flexibility index (Phi) is 5.39. The third kappa shape index (κ3) is 5.66. The van der Waals surface area contributed by atoms with E-state index < -0.39 is 0 Å². The molecule has 0 atom stereocenters. The molecule has 0 aliphatic carbocycles. The summed E-state index contributed by atoms with van der Waals surface area (Å²) in [6, 6.07) is 0. The zero-order valence-electron chi connectivity index (χ0n) is 4.30. The Hall–Kier alpha value is -0.340. The van der Waals surface area contributed by atoms with E-state index in [-0.39, 0.29) is 6.61 Å². The molecule has 0 amide bonds. The molecule has 0 aliphatic rings. The van der Waals surface area contributed by atoms with E-state index in [1.165, 1.54) is 0 Å². The van der Waals surface area contributed by atoms with Gasteiger partial charge in [0.1, 0.15) is 0 Å². The van der Waals surface area contributed by atoms with Gasteiger partial charge in [-0.3, -0.25) is 0 Å². The molecule has 0 saturated heterocycles. The van der Waals surface area contributed by atoms with E-state index in [0.717, 1.165) is 6.42 Å². The maximum absolute atomic E-state index is 8.17. The van der Waals surface area contributed by atoms with Crippen LogP contribution in [0, 0.1) is 0 Å². The molecule has 0 bridgehead atoms. The van der Waals surface area contributed by atoms with Crippen LogP contribution in [0.15, 0.2) is 12.2 Å². The summed E-state index contributed by atoms with van der Waals surface area (Å²) in [5.74, 6) is 0. The van der Waals surface area contributed by atoms with Gasteiger partial charge in [0, 0.05) is 0 Å². The molecule has 0 radical (unpaired) electrons. The van der Waals surface area contributed by atoms with Crippen LogP contribution in [0.5, 0.6) is 0 Å². The lowest BCUT2D eigenvalue weighted by Crippen LogP contribution is -1.95. The van der Waals surface area contributed by atoms with E-state index in [2.05, 4.69) is 0 Å². The van der Waals surface area contributed by atoms with Gasteiger partial charge in [-0.15, -0.1) is 0 Å². The molecule has 2 nitrogen and oxygen atoms in total. The first-order chi connectivity index (χ1) is 3.41. The molecule has 0 spiro atoms. The van der Waals surface area contributed by atoms with Crippen molar-refractivity contribution in [1.82, 2.24) is 0 Å². The van der Waals surface area contributed by atoms with Crippen LogP contribution in [-0.2, 0) is 0 Å².